The number of hydrogen-bond acceptors (Lipinski definition) is 1. The topological polar surface area (TPSA) is 12.9 Å². The summed E-state index contributed by atoms with van der Waals surface area (Å²) in [6.07, 6.45) is 4.70. The van der Waals surface area contributed by atoms with Crippen molar-refractivity contribution in [3.8, 4) is 11.8 Å². The maximum atomic E-state index is 4.59. The van der Waals surface area contributed by atoms with Gasteiger partial charge in [-0.3, -0.25) is 4.98 Å². The van der Waals surface area contributed by atoms with Crippen LogP contribution in [0.5, 0.6) is 0 Å². The summed E-state index contributed by atoms with van der Waals surface area (Å²) in [7, 11) is 0. The molecule has 0 fully saturated rings. The molecule has 0 N–H and O–H groups in total. The van der Waals surface area contributed by atoms with Crippen LogP contribution in [0.25, 0.3) is 10.9 Å². The zero-order chi connectivity index (χ0) is 12.8. The first kappa shape index (κ1) is 12.6. The Kier molecular flexibility index (Phi) is 4.36. The smallest absolute Gasteiger partial charge is 0.0706 e. The molecule has 0 spiro atoms. The van der Waals surface area contributed by atoms with Crippen molar-refractivity contribution in [2.75, 3.05) is 0 Å². The normalized spacial score (nSPS) is 10.1. The van der Waals surface area contributed by atoms with Gasteiger partial charge >= 0.3 is 0 Å². The van der Waals surface area contributed by atoms with Crippen LogP contribution in [0.1, 0.15) is 43.9 Å². The van der Waals surface area contributed by atoms with Gasteiger partial charge in [0.05, 0.1) is 11.2 Å². The molecule has 2 aromatic rings. The lowest BCUT2D eigenvalue weighted by Crippen LogP contribution is -1.89. The van der Waals surface area contributed by atoms with E-state index < -0.39 is 0 Å². The van der Waals surface area contributed by atoms with E-state index >= 15 is 0 Å². The van der Waals surface area contributed by atoms with E-state index in [1.54, 1.807) is 0 Å². The lowest BCUT2D eigenvalue weighted by atomic mass is 10.1. The SMILES string of the molecule is CCCCCC#Cc1cc2ccccc2nc1C. The predicted octanol–water partition coefficient (Wildman–Crippen LogP) is 4.48. The van der Waals surface area contributed by atoms with Crippen molar-refractivity contribution in [2.45, 2.75) is 39.5 Å². The number of hydrogen-bond donors (Lipinski definition) is 0. The number of rotatable bonds is 3. The summed E-state index contributed by atoms with van der Waals surface area (Å²) in [4.78, 5) is 4.59. The second-order valence-corrected chi connectivity index (χ2v) is 4.57. The number of unbranched alkanes of at least 4 members (excludes halogenated alkanes) is 3. The Labute approximate surface area is 109 Å². The van der Waals surface area contributed by atoms with Crippen LogP contribution in [-0.2, 0) is 0 Å². The van der Waals surface area contributed by atoms with Gasteiger partial charge in [-0.15, -0.1) is 0 Å². The fraction of sp³-hybridized carbons (Fsp3) is 0.353. The number of fused-ring (bicyclic) bond motifs is 1. The van der Waals surface area contributed by atoms with E-state index in [0.29, 0.717) is 0 Å². The summed E-state index contributed by atoms with van der Waals surface area (Å²) in [5, 5.41) is 1.17. The third kappa shape index (κ3) is 3.11. The fourth-order valence-corrected chi connectivity index (χ4v) is 1.96. The third-order valence-corrected chi connectivity index (χ3v) is 3.04. The van der Waals surface area contributed by atoms with Gasteiger partial charge < -0.3 is 0 Å². The van der Waals surface area contributed by atoms with Gasteiger partial charge in [-0.05, 0) is 25.5 Å². The molecule has 18 heavy (non-hydrogen) atoms. The van der Waals surface area contributed by atoms with Gasteiger partial charge in [-0.25, -0.2) is 0 Å². The van der Waals surface area contributed by atoms with E-state index in [4.69, 9.17) is 0 Å². The van der Waals surface area contributed by atoms with Crippen LogP contribution in [0.2, 0.25) is 0 Å². The molecule has 0 saturated heterocycles. The molecule has 2 rings (SSSR count). The molecule has 0 aliphatic rings. The van der Waals surface area contributed by atoms with Crippen molar-refractivity contribution in [1.82, 2.24) is 4.98 Å². The molecule has 0 amide bonds. The molecular weight excluding hydrogens is 218 g/mol. The number of aromatic nitrogens is 1. The maximum absolute atomic E-state index is 4.59. The standard InChI is InChI=1S/C17H19N/c1-3-4-5-6-7-10-15-13-16-11-8-9-12-17(16)18-14(15)2/h8-9,11-13H,3-6H2,1-2H3. The Balaban J connectivity index is 2.20. The van der Waals surface area contributed by atoms with Crippen molar-refractivity contribution < 1.29 is 0 Å². The van der Waals surface area contributed by atoms with E-state index in [1.807, 2.05) is 25.1 Å². The molecule has 1 aromatic carbocycles. The average molecular weight is 237 g/mol. The van der Waals surface area contributed by atoms with Crippen LogP contribution in [0.3, 0.4) is 0 Å². The summed E-state index contributed by atoms with van der Waals surface area (Å²) in [5.41, 5.74) is 3.13. The van der Waals surface area contributed by atoms with Crippen molar-refractivity contribution in [3.63, 3.8) is 0 Å². The van der Waals surface area contributed by atoms with Crippen LogP contribution in [0.15, 0.2) is 30.3 Å². The Hall–Kier alpha value is -1.81. The summed E-state index contributed by atoms with van der Waals surface area (Å²) in [5.74, 6) is 6.50. The van der Waals surface area contributed by atoms with Gasteiger partial charge in [0.15, 0.2) is 0 Å². The van der Waals surface area contributed by atoms with E-state index in [0.717, 1.165) is 23.2 Å². The fourth-order valence-electron chi connectivity index (χ4n) is 1.96. The van der Waals surface area contributed by atoms with Gasteiger partial charge in [0.1, 0.15) is 0 Å². The highest BCUT2D eigenvalue weighted by molar-refractivity contribution is 5.80. The Morgan fingerprint density at radius 1 is 1.17 bits per heavy atom. The van der Waals surface area contributed by atoms with Gasteiger partial charge in [-0.2, -0.15) is 0 Å². The molecule has 0 unspecified atom stereocenters. The van der Waals surface area contributed by atoms with Gasteiger partial charge in [-0.1, -0.05) is 49.8 Å². The largest absolute Gasteiger partial charge is 0.252 e. The first-order valence-corrected chi connectivity index (χ1v) is 6.66. The Bertz CT molecular complexity index is 587. The first-order valence-electron chi connectivity index (χ1n) is 6.66. The van der Waals surface area contributed by atoms with Crippen LogP contribution < -0.4 is 0 Å². The highest BCUT2D eigenvalue weighted by atomic mass is 14.7. The lowest BCUT2D eigenvalue weighted by Gasteiger charge is -2.01. The minimum absolute atomic E-state index is 0.986. The molecule has 0 aliphatic carbocycles. The third-order valence-electron chi connectivity index (χ3n) is 3.04. The number of pyridine rings is 1. The second kappa shape index (κ2) is 6.21. The Morgan fingerprint density at radius 3 is 2.83 bits per heavy atom. The first-order chi connectivity index (χ1) is 8.81. The van der Waals surface area contributed by atoms with E-state index in [1.165, 1.54) is 24.6 Å². The van der Waals surface area contributed by atoms with Gasteiger partial charge in [0, 0.05) is 17.4 Å². The molecule has 0 saturated carbocycles. The zero-order valence-corrected chi connectivity index (χ0v) is 11.2. The average Bonchev–Trinajstić information content (AvgIpc) is 2.39. The molecular formula is C17H19N. The van der Waals surface area contributed by atoms with Crippen LogP contribution >= 0.6 is 0 Å². The number of benzene rings is 1. The summed E-state index contributed by atoms with van der Waals surface area (Å²) in [6.45, 7) is 4.24. The van der Waals surface area contributed by atoms with Gasteiger partial charge in [0.25, 0.3) is 0 Å². The van der Waals surface area contributed by atoms with Crippen LogP contribution in [0.4, 0.5) is 0 Å². The van der Waals surface area contributed by atoms with Crippen molar-refractivity contribution in [1.29, 1.82) is 0 Å². The van der Waals surface area contributed by atoms with Crippen molar-refractivity contribution in [2.24, 2.45) is 0 Å². The summed E-state index contributed by atoms with van der Waals surface area (Å²) >= 11 is 0. The molecule has 1 heterocycles. The highest BCUT2D eigenvalue weighted by Gasteiger charge is 1.99. The lowest BCUT2D eigenvalue weighted by molar-refractivity contribution is 0.737. The molecule has 1 heteroatoms. The monoisotopic (exact) mass is 237 g/mol. The molecule has 1 nitrogen and oxygen atoms in total. The molecule has 0 bridgehead atoms. The number of nitrogens with zero attached hydrogens (tertiary/aromatic N) is 1. The van der Waals surface area contributed by atoms with Crippen LogP contribution in [-0.4, -0.2) is 4.98 Å². The number of para-hydroxylation sites is 1. The molecule has 0 radical (unpaired) electrons. The van der Waals surface area contributed by atoms with Crippen LogP contribution in [0, 0.1) is 18.8 Å². The highest BCUT2D eigenvalue weighted by Crippen LogP contribution is 2.15. The Morgan fingerprint density at radius 2 is 2.00 bits per heavy atom. The quantitative estimate of drug-likeness (QED) is 0.566. The van der Waals surface area contributed by atoms with E-state index in [9.17, 15) is 0 Å². The summed E-state index contributed by atoms with van der Waals surface area (Å²) in [6, 6.07) is 10.3. The molecule has 0 aliphatic heterocycles. The number of aryl methyl sites for hydroxylation is 1. The van der Waals surface area contributed by atoms with E-state index in [-0.39, 0.29) is 0 Å². The summed E-state index contributed by atoms with van der Waals surface area (Å²) < 4.78 is 0. The van der Waals surface area contributed by atoms with Crippen molar-refractivity contribution in [3.05, 3.63) is 41.6 Å². The van der Waals surface area contributed by atoms with E-state index in [2.05, 4.69) is 35.9 Å². The van der Waals surface area contributed by atoms with Crippen molar-refractivity contribution >= 4 is 10.9 Å². The molecule has 1 aromatic heterocycles. The molecule has 0 atom stereocenters. The molecule has 92 valence electrons. The second-order valence-electron chi connectivity index (χ2n) is 4.57. The zero-order valence-electron chi connectivity index (χ0n) is 11.2. The van der Waals surface area contributed by atoms with Gasteiger partial charge in [0.2, 0.25) is 0 Å². The minimum Gasteiger partial charge on any atom is -0.252 e. The predicted molar refractivity (Wildman–Crippen MR) is 77.5 cm³/mol. The maximum Gasteiger partial charge on any atom is 0.0706 e. The minimum atomic E-state index is 0.986.